The molecule has 39 heavy (non-hydrogen) atoms. The maximum Gasteiger partial charge on any atom is 0.245 e. The number of hydrogen-bond donors (Lipinski definition) is 3. The summed E-state index contributed by atoms with van der Waals surface area (Å²) in [5, 5.41) is 9.30. The molecule has 0 spiro atoms. The number of halogens is 1. The molecule has 0 radical (unpaired) electrons. The molecule has 208 valence electrons. The third-order valence-corrected chi connectivity index (χ3v) is 8.15. The number of amides is 2. The molecule has 7 nitrogen and oxygen atoms in total. The fourth-order valence-electron chi connectivity index (χ4n) is 4.83. The SMILES string of the molecule is NCCCC(=O)N[C@H](Cc1ccc(Cl)cc1)C(=O)N1CCN(c2ccccc2CNCCc2cccs2)CC1. The number of carbonyl (C=O) groups is 2. The van der Waals surface area contributed by atoms with E-state index in [9.17, 15) is 9.59 Å². The van der Waals surface area contributed by atoms with Gasteiger partial charge >= 0.3 is 0 Å². The van der Waals surface area contributed by atoms with Gasteiger partial charge in [0, 0.05) is 67.7 Å². The molecule has 1 aliphatic rings. The van der Waals surface area contributed by atoms with Crippen LogP contribution in [0.1, 0.15) is 28.8 Å². The molecule has 2 amide bonds. The average Bonchev–Trinajstić information content (AvgIpc) is 3.49. The zero-order valence-corrected chi connectivity index (χ0v) is 23.9. The fourth-order valence-corrected chi connectivity index (χ4v) is 5.67. The first kappa shape index (κ1) is 29.1. The van der Waals surface area contributed by atoms with Crippen molar-refractivity contribution in [3.8, 4) is 0 Å². The van der Waals surface area contributed by atoms with Crippen LogP contribution in [0.4, 0.5) is 5.69 Å². The van der Waals surface area contributed by atoms with Crippen molar-refractivity contribution in [1.82, 2.24) is 15.5 Å². The molecule has 0 bridgehead atoms. The van der Waals surface area contributed by atoms with E-state index < -0.39 is 6.04 Å². The summed E-state index contributed by atoms with van der Waals surface area (Å²) in [5.74, 6) is -0.193. The minimum Gasteiger partial charge on any atom is -0.368 e. The van der Waals surface area contributed by atoms with Gasteiger partial charge in [0.25, 0.3) is 0 Å². The molecule has 0 saturated carbocycles. The van der Waals surface area contributed by atoms with Crippen molar-refractivity contribution in [3.05, 3.63) is 87.1 Å². The number of benzene rings is 2. The molecule has 1 saturated heterocycles. The van der Waals surface area contributed by atoms with Crippen molar-refractivity contribution in [3.63, 3.8) is 0 Å². The summed E-state index contributed by atoms with van der Waals surface area (Å²) >= 11 is 7.83. The third kappa shape index (κ3) is 8.80. The second-order valence-corrected chi connectivity index (χ2v) is 11.3. The van der Waals surface area contributed by atoms with Gasteiger partial charge in [0.05, 0.1) is 0 Å². The highest BCUT2D eigenvalue weighted by molar-refractivity contribution is 7.09. The molecule has 4 rings (SSSR count). The predicted molar refractivity (Wildman–Crippen MR) is 160 cm³/mol. The van der Waals surface area contributed by atoms with Crippen molar-refractivity contribution in [2.75, 3.05) is 44.2 Å². The number of piperazine rings is 1. The smallest absolute Gasteiger partial charge is 0.245 e. The summed E-state index contributed by atoms with van der Waals surface area (Å²) in [4.78, 5) is 31.7. The molecule has 2 aromatic carbocycles. The van der Waals surface area contributed by atoms with Gasteiger partial charge in [-0.25, -0.2) is 0 Å². The van der Waals surface area contributed by atoms with Crippen LogP contribution < -0.4 is 21.3 Å². The highest BCUT2D eigenvalue weighted by atomic mass is 35.5. The van der Waals surface area contributed by atoms with Gasteiger partial charge in [-0.1, -0.05) is 48.0 Å². The minimum atomic E-state index is -0.622. The Morgan fingerprint density at radius 2 is 1.77 bits per heavy atom. The average molecular weight is 568 g/mol. The Kier molecular flexibility index (Phi) is 11.2. The van der Waals surface area contributed by atoms with E-state index in [-0.39, 0.29) is 11.8 Å². The first-order valence-corrected chi connectivity index (χ1v) is 14.9. The lowest BCUT2D eigenvalue weighted by atomic mass is 10.0. The first-order valence-electron chi connectivity index (χ1n) is 13.6. The summed E-state index contributed by atoms with van der Waals surface area (Å²) in [6.45, 7) is 4.88. The van der Waals surface area contributed by atoms with Gasteiger partial charge in [0.15, 0.2) is 0 Å². The Bertz CT molecular complexity index is 1180. The lowest BCUT2D eigenvalue weighted by Gasteiger charge is -2.38. The van der Waals surface area contributed by atoms with Gasteiger partial charge < -0.3 is 26.2 Å². The van der Waals surface area contributed by atoms with E-state index in [2.05, 4.69) is 57.3 Å². The molecule has 1 aromatic heterocycles. The molecule has 0 unspecified atom stereocenters. The zero-order valence-electron chi connectivity index (χ0n) is 22.3. The highest BCUT2D eigenvalue weighted by Gasteiger charge is 2.29. The van der Waals surface area contributed by atoms with E-state index >= 15 is 0 Å². The summed E-state index contributed by atoms with van der Waals surface area (Å²) in [7, 11) is 0. The first-order chi connectivity index (χ1) is 19.0. The molecule has 4 N–H and O–H groups in total. The maximum absolute atomic E-state index is 13.6. The summed E-state index contributed by atoms with van der Waals surface area (Å²) in [6.07, 6.45) is 2.35. The normalized spacial score (nSPS) is 14.3. The molecule has 3 aromatic rings. The van der Waals surface area contributed by atoms with Gasteiger partial charge in [-0.15, -0.1) is 11.3 Å². The maximum atomic E-state index is 13.6. The molecule has 1 fully saturated rings. The Hall–Kier alpha value is -2.91. The number of nitrogens with zero attached hydrogens (tertiary/aromatic N) is 2. The van der Waals surface area contributed by atoms with Crippen molar-refractivity contribution >= 4 is 40.4 Å². The van der Waals surface area contributed by atoms with Crippen LogP contribution in [0, 0.1) is 0 Å². The topological polar surface area (TPSA) is 90.7 Å². The number of thiophene rings is 1. The van der Waals surface area contributed by atoms with Gasteiger partial charge in [-0.2, -0.15) is 0 Å². The van der Waals surface area contributed by atoms with E-state index in [1.807, 2.05) is 29.2 Å². The lowest BCUT2D eigenvalue weighted by Crippen LogP contribution is -2.55. The van der Waals surface area contributed by atoms with E-state index in [0.717, 1.165) is 38.2 Å². The standard InChI is InChI=1S/C30H38ClN5O2S/c31-25-11-9-23(10-12-25)21-27(34-29(37)8-3-14-32)30(38)36-18-16-35(17-19-36)28-7-2-1-5-24(28)22-33-15-13-26-6-4-20-39-26/h1-2,4-7,9-12,20,27,33H,3,8,13-19,21-22,32H2,(H,34,37)/t27-/m1/s1. The van der Waals surface area contributed by atoms with E-state index in [1.54, 1.807) is 11.3 Å². The minimum absolute atomic E-state index is 0.0470. The van der Waals surface area contributed by atoms with Crippen LogP contribution in [0.3, 0.4) is 0 Å². The van der Waals surface area contributed by atoms with Crippen molar-refractivity contribution in [2.45, 2.75) is 38.3 Å². The van der Waals surface area contributed by atoms with Crippen LogP contribution in [-0.2, 0) is 29.0 Å². The number of anilines is 1. The Morgan fingerprint density at radius 1 is 1.00 bits per heavy atom. The third-order valence-electron chi connectivity index (χ3n) is 6.96. The number of hydrogen-bond acceptors (Lipinski definition) is 6. The predicted octanol–water partition coefficient (Wildman–Crippen LogP) is 3.85. The Labute approximate surface area is 240 Å². The summed E-state index contributed by atoms with van der Waals surface area (Å²) in [5.41, 5.74) is 9.00. The number of rotatable bonds is 13. The summed E-state index contributed by atoms with van der Waals surface area (Å²) < 4.78 is 0. The van der Waals surface area contributed by atoms with E-state index in [1.165, 1.54) is 16.1 Å². The van der Waals surface area contributed by atoms with Crippen LogP contribution in [0.25, 0.3) is 0 Å². The zero-order chi connectivity index (χ0) is 27.5. The number of nitrogens with one attached hydrogen (secondary N) is 2. The molecular formula is C30H38ClN5O2S. The molecule has 1 aliphatic heterocycles. The van der Waals surface area contributed by atoms with Crippen molar-refractivity contribution < 1.29 is 9.59 Å². The number of carbonyl (C=O) groups excluding carboxylic acids is 2. The van der Waals surface area contributed by atoms with Gasteiger partial charge in [0.1, 0.15) is 6.04 Å². The Balaban J connectivity index is 1.34. The summed E-state index contributed by atoms with van der Waals surface area (Å²) in [6, 6.07) is 19.5. The molecule has 1 atom stereocenters. The fraction of sp³-hybridized carbons (Fsp3) is 0.400. The van der Waals surface area contributed by atoms with Crippen LogP contribution >= 0.6 is 22.9 Å². The van der Waals surface area contributed by atoms with E-state index in [0.29, 0.717) is 43.9 Å². The van der Waals surface area contributed by atoms with Crippen LogP contribution in [0.2, 0.25) is 5.02 Å². The number of para-hydroxylation sites is 1. The quantitative estimate of drug-likeness (QED) is 0.273. The van der Waals surface area contributed by atoms with E-state index in [4.69, 9.17) is 17.3 Å². The number of nitrogens with two attached hydrogens (primary N) is 1. The van der Waals surface area contributed by atoms with Crippen molar-refractivity contribution in [2.24, 2.45) is 5.73 Å². The molecule has 0 aliphatic carbocycles. The van der Waals surface area contributed by atoms with Crippen LogP contribution in [0.5, 0.6) is 0 Å². The molecular weight excluding hydrogens is 530 g/mol. The van der Waals surface area contributed by atoms with Gasteiger partial charge in [0.2, 0.25) is 11.8 Å². The second-order valence-electron chi connectivity index (χ2n) is 9.79. The second kappa shape index (κ2) is 15.0. The largest absolute Gasteiger partial charge is 0.368 e. The lowest BCUT2D eigenvalue weighted by molar-refractivity contribution is -0.136. The highest BCUT2D eigenvalue weighted by Crippen LogP contribution is 2.22. The Morgan fingerprint density at radius 3 is 2.49 bits per heavy atom. The monoisotopic (exact) mass is 567 g/mol. The molecule has 9 heteroatoms. The van der Waals surface area contributed by atoms with Gasteiger partial charge in [-0.05, 0) is 60.2 Å². The van der Waals surface area contributed by atoms with Gasteiger partial charge in [-0.3, -0.25) is 9.59 Å². The van der Waals surface area contributed by atoms with Crippen LogP contribution in [0.15, 0.2) is 66.0 Å². The molecule has 2 heterocycles. The van der Waals surface area contributed by atoms with Crippen LogP contribution in [-0.4, -0.2) is 62.0 Å². The van der Waals surface area contributed by atoms with Crippen molar-refractivity contribution in [1.29, 1.82) is 0 Å².